The van der Waals surface area contributed by atoms with E-state index in [9.17, 15) is 0 Å². The van der Waals surface area contributed by atoms with Gasteiger partial charge < -0.3 is 0 Å². The first-order valence-corrected chi connectivity index (χ1v) is 16.6. The molecule has 0 radical (unpaired) electrons. The Morgan fingerprint density at radius 2 is 0.800 bits per heavy atom. The third-order valence-corrected chi connectivity index (χ3v) is 10.8. The Morgan fingerprint density at radius 1 is 0.450 bits per heavy atom. The fourth-order valence-corrected chi connectivity index (χ4v) is 8.59. The van der Waals surface area contributed by atoms with Gasteiger partial charge in [0.05, 0.1) is 10.0 Å². The van der Waals surface area contributed by atoms with Gasteiger partial charge in [-0.15, -0.1) is 0 Å². The quantitative estimate of drug-likeness (QED) is 0.152. The van der Waals surface area contributed by atoms with Gasteiger partial charge in [0, 0.05) is 0 Å². The zero-order valence-electron chi connectivity index (χ0n) is 22.1. The predicted molar refractivity (Wildman–Crippen MR) is 186 cm³/mol. The fourth-order valence-electron chi connectivity index (χ4n) is 6.42. The highest BCUT2D eigenvalue weighted by Gasteiger charge is 2.38. The fraction of sp³-hybridized carbons (Fsp3) is 0.0588. The average Bonchev–Trinajstić information content (AvgIpc) is 2.99. The Balaban J connectivity index is 1.67. The number of fused-ring (bicyclic) bond motifs is 4. The lowest BCUT2D eigenvalue weighted by atomic mass is 9.41. The van der Waals surface area contributed by atoms with Crippen molar-refractivity contribution in [2.45, 2.75) is 0 Å². The zero-order valence-corrected chi connectivity index (χ0v) is 25.3. The van der Waals surface area contributed by atoms with Crippen LogP contribution in [0.25, 0.3) is 43.8 Å². The van der Waals surface area contributed by atoms with Gasteiger partial charge in [-0.2, -0.15) is 0 Å². The molecule has 192 valence electrons. The number of hydrogen-bond donors (Lipinski definition) is 0. The number of halogens is 2. The van der Waals surface area contributed by atoms with E-state index in [0.29, 0.717) is 10.0 Å². The van der Waals surface area contributed by atoms with E-state index < -0.39 is 0 Å². The van der Waals surface area contributed by atoms with E-state index in [0.717, 1.165) is 0 Å². The summed E-state index contributed by atoms with van der Waals surface area (Å²) in [4.78, 5) is 0. The molecule has 0 N–H and O–H groups in total. The molecule has 0 bridgehead atoms. The second-order valence-corrected chi connectivity index (χ2v) is 12.9. The highest BCUT2D eigenvalue weighted by molar-refractivity contribution is 8.29. The molecule has 6 heteroatoms. The smallest absolute Gasteiger partial charge is 0.200 e. The van der Waals surface area contributed by atoms with Gasteiger partial charge in [-0.05, 0) is 68.4 Å². The lowest BCUT2D eigenvalue weighted by Gasteiger charge is -2.31. The molecule has 0 atom stereocenters. The molecule has 0 saturated carbocycles. The summed E-state index contributed by atoms with van der Waals surface area (Å²) in [7, 11) is 0. The van der Waals surface area contributed by atoms with Crippen LogP contribution in [-0.4, -0.2) is 24.5 Å². The normalized spacial score (nSPS) is 12.6. The van der Waals surface area contributed by atoms with Crippen LogP contribution in [0, 0.1) is 0 Å². The van der Waals surface area contributed by atoms with Gasteiger partial charge in [0.15, 0.2) is 0 Å². The van der Waals surface area contributed by atoms with E-state index in [1.165, 1.54) is 65.6 Å². The molecule has 0 aliphatic carbocycles. The molecule has 1 aliphatic rings. The number of rotatable bonds is 4. The van der Waals surface area contributed by atoms with Crippen molar-refractivity contribution < 1.29 is 0 Å². The van der Waals surface area contributed by atoms with Crippen molar-refractivity contribution in [3.63, 3.8) is 0 Å². The van der Waals surface area contributed by atoms with Crippen LogP contribution in [0.15, 0.2) is 109 Å². The summed E-state index contributed by atoms with van der Waals surface area (Å²) in [6, 6.07) is 39.6. The van der Waals surface area contributed by atoms with Crippen molar-refractivity contribution in [1.29, 1.82) is 0 Å². The monoisotopic (exact) mass is 588 g/mol. The van der Waals surface area contributed by atoms with E-state index in [-0.39, 0.29) is 12.0 Å². The summed E-state index contributed by atoms with van der Waals surface area (Å²) in [5, 5.41) is 6.34. The van der Waals surface area contributed by atoms with Crippen LogP contribution in [0.5, 0.6) is 0 Å². The standard InChI is InChI=1S/C34H24B2Cl2S2/c1-39-35-27-17-25-26(18-28(27)36(40-2)30-20-32(38)31(37)19-29(30)35)34(22-13-7-4-8-14-22)24-16-10-9-15-23(24)33(25)21-11-5-3-6-12-21/h3-20H,1-2H3. The molecule has 7 rings (SSSR count). The van der Waals surface area contributed by atoms with Gasteiger partial charge in [-0.25, -0.2) is 23.2 Å². The topological polar surface area (TPSA) is 0 Å². The van der Waals surface area contributed by atoms with Crippen molar-refractivity contribution in [3.8, 4) is 22.3 Å². The molecule has 0 aromatic heterocycles. The van der Waals surface area contributed by atoms with Crippen LogP contribution in [0.3, 0.4) is 0 Å². The second kappa shape index (κ2) is 10.6. The lowest BCUT2D eigenvalue weighted by molar-refractivity contribution is 1.66. The summed E-state index contributed by atoms with van der Waals surface area (Å²) >= 11 is 16.9. The molecule has 40 heavy (non-hydrogen) atoms. The summed E-state index contributed by atoms with van der Waals surface area (Å²) < 4.78 is 0. The maximum absolute atomic E-state index is 6.59. The van der Waals surface area contributed by atoms with Gasteiger partial charge in [-0.3, -0.25) is 0 Å². The average molecular weight is 589 g/mol. The predicted octanol–water partition coefficient (Wildman–Crippen LogP) is 7.88. The second-order valence-electron chi connectivity index (χ2n) is 10.2. The maximum Gasteiger partial charge on any atom is 0.273 e. The van der Waals surface area contributed by atoms with E-state index in [4.69, 9.17) is 23.2 Å². The SMILES string of the molecule is CSB1c2cc(Cl)c(Cl)cc2B(SC)c2cc3c(-c4ccccc4)c4ccccc4c(-c4ccccc4)c3cc21. The van der Waals surface area contributed by atoms with Gasteiger partial charge in [0.1, 0.15) is 0 Å². The van der Waals surface area contributed by atoms with Crippen LogP contribution < -0.4 is 21.9 Å². The number of benzene rings is 6. The van der Waals surface area contributed by atoms with Gasteiger partial charge in [0.2, 0.25) is 0 Å². The van der Waals surface area contributed by atoms with Crippen LogP contribution >= 0.6 is 46.4 Å². The molecule has 0 spiro atoms. The minimum Gasteiger partial charge on any atom is -0.200 e. The van der Waals surface area contributed by atoms with Crippen molar-refractivity contribution in [3.05, 3.63) is 119 Å². The third-order valence-electron chi connectivity index (χ3n) is 8.08. The molecule has 0 fully saturated rings. The zero-order chi connectivity index (χ0) is 27.4. The molecule has 0 unspecified atom stereocenters. The molecular weight excluding hydrogens is 565 g/mol. The Morgan fingerprint density at radius 3 is 1.18 bits per heavy atom. The molecular formula is C34H24B2Cl2S2. The molecule has 0 saturated heterocycles. The van der Waals surface area contributed by atoms with Crippen molar-refractivity contribution in [2.24, 2.45) is 0 Å². The van der Waals surface area contributed by atoms with Gasteiger partial charge in [0.25, 0.3) is 12.0 Å². The summed E-state index contributed by atoms with van der Waals surface area (Å²) in [6.45, 7) is 0. The van der Waals surface area contributed by atoms with Gasteiger partial charge in [-0.1, -0.05) is 142 Å². The largest absolute Gasteiger partial charge is 0.273 e. The Hall–Kier alpha value is -2.75. The highest BCUT2D eigenvalue weighted by Crippen LogP contribution is 2.43. The summed E-state index contributed by atoms with van der Waals surface area (Å²) in [5.74, 6) is 0.339. The van der Waals surface area contributed by atoms with Crippen LogP contribution in [0.2, 0.25) is 10.0 Å². The lowest BCUT2D eigenvalue weighted by Crippen LogP contribution is -2.66. The van der Waals surface area contributed by atoms with Gasteiger partial charge >= 0.3 is 0 Å². The van der Waals surface area contributed by atoms with Crippen molar-refractivity contribution in [1.82, 2.24) is 0 Å². The van der Waals surface area contributed by atoms with E-state index in [1.807, 2.05) is 23.2 Å². The first-order chi connectivity index (χ1) is 19.6. The maximum atomic E-state index is 6.59. The molecule has 6 aromatic carbocycles. The molecule has 6 aromatic rings. The van der Waals surface area contributed by atoms with Crippen molar-refractivity contribution in [2.75, 3.05) is 12.5 Å². The minimum atomic E-state index is 0.169. The minimum absolute atomic E-state index is 0.169. The highest BCUT2D eigenvalue weighted by atomic mass is 35.5. The molecule has 1 aliphatic heterocycles. The van der Waals surface area contributed by atoms with E-state index in [1.54, 1.807) is 0 Å². The summed E-state index contributed by atoms with van der Waals surface area (Å²) in [5.41, 5.74) is 10.3. The van der Waals surface area contributed by atoms with Crippen LogP contribution in [0.1, 0.15) is 0 Å². The van der Waals surface area contributed by atoms with E-state index >= 15 is 0 Å². The molecule has 0 nitrogen and oxygen atoms in total. The van der Waals surface area contributed by atoms with Crippen LogP contribution in [0.4, 0.5) is 0 Å². The van der Waals surface area contributed by atoms with Crippen LogP contribution in [-0.2, 0) is 0 Å². The Kier molecular flexibility index (Phi) is 6.92. The number of hydrogen-bond acceptors (Lipinski definition) is 2. The molecule has 0 amide bonds. The summed E-state index contributed by atoms with van der Waals surface area (Å²) in [6.07, 6.45) is 4.39. The Bertz CT molecular complexity index is 1770. The first kappa shape index (κ1) is 26.2. The first-order valence-electron chi connectivity index (χ1n) is 13.3. The van der Waals surface area contributed by atoms with E-state index in [2.05, 4.69) is 122 Å². The third kappa shape index (κ3) is 4.11. The molecule has 1 heterocycles. The Labute approximate surface area is 254 Å². The van der Waals surface area contributed by atoms with Crippen molar-refractivity contribution >= 4 is 102 Å².